The van der Waals surface area contributed by atoms with Crippen LogP contribution in [0.5, 0.6) is 0 Å². The predicted octanol–water partition coefficient (Wildman–Crippen LogP) is 0.947. The summed E-state index contributed by atoms with van der Waals surface area (Å²) >= 11 is 0. The van der Waals surface area contributed by atoms with Crippen molar-refractivity contribution in [3.63, 3.8) is 0 Å². The molecule has 0 heterocycles. The van der Waals surface area contributed by atoms with Gasteiger partial charge >= 0.3 is 0 Å². The molecule has 0 fully saturated rings. The van der Waals surface area contributed by atoms with Crippen LogP contribution in [0.4, 0.5) is 4.39 Å². The average Bonchev–Trinajstić information content (AvgIpc) is 2.02. The zero-order valence-corrected chi connectivity index (χ0v) is 8.59. The highest BCUT2D eigenvalue weighted by Crippen LogP contribution is 2.12. The molecule has 1 aromatic carbocycles. The number of hydrogen-bond donors (Lipinski definition) is 1. The zero-order valence-electron chi connectivity index (χ0n) is 7.77. The van der Waals surface area contributed by atoms with Crippen LogP contribution in [0, 0.1) is 5.82 Å². The Balaban J connectivity index is 2.99. The Labute approximate surface area is 82.7 Å². The van der Waals surface area contributed by atoms with E-state index < -0.39 is 21.7 Å². The van der Waals surface area contributed by atoms with Crippen LogP contribution < -0.4 is 5.73 Å². The van der Waals surface area contributed by atoms with Gasteiger partial charge in [0.2, 0.25) is 0 Å². The molecule has 0 aliphatic heterocycles. The first-order valence-electron chi connectivity index (χ1n) is 4.16. The van der Waals surface area contributed by atoms with Gasteiger partial charge in [-0.1, -0.05) is 0 Å². The fourth-order valence-electron chi connectivity index (χ4n) is 1.08. The van der Waals surface area contributed by atoms with Gasteiger partial charge in [-0.15, -0.1) is 0 Å². The maximum Gasteiger partial charge on any atom is 0.179 e. The average molecular weight is 217 g/mol. The zero-order chi connectivity index (χ0) is 10.8. The van der Waals surface area contributed by atoms with Crippen LogP contribution in [0.25, 0.3) is 0 Å². The van der Waals surface area contributed by atoms with Crippen molar-refractivity contribution in [3.8, 4) is 0 Å². The Hall–Kier alpha value is -0.940. The van der Waals surface area contributed by atoms with Crippen LogP contribution in [-0.2, 0) is 9.84 Å². The normalized spacial score (nSPS) is 13.9. The molecule has 1 atom stereocenters. The Morgan fingerprint density at radius 2 is 1.86 bits per heavy atom. The minimum absolute atomic E-state index is 0.108. The van der Waals surface area contributed by atoms with Crippen molar-refractivity contribution in [2.45, 2.75) is 17.9 Å². The highest BCUT2D eigenvalue weighted by molar-refractivity contribution is 7.91. The van der Waals surface area contributed by atoms with Gasteiger partial charge in [0.05, 0.1) is 10.6 Å². The van der Waals surface area contributed by atoms with Gasteiger partial charge in [0.1, 0.15) is 5.82 Å². The van der Waals surface area contributed by atoms with Crippen LogP contribution in [0.1, 0.15) is 6.92 Å². The number of hydrogen-bond acceptors (Lipinski definition) is 3. The van der Waals surface area contributed by atoms with Gasteiger partial charge in [-0.05, 0) is 31.2 Å². The van der Waals surface area contributed by atoms with Crippen LogP contribution in [0.3, 0.4) is 0 Å². The molecule has 3 nitrogen and oxygen atoms in total. The van der Waals surface area contributed by atoms with Crippen molar-refractivity contribution in [3.05, 3.63) is 30.1 Å². The molecular formula is C9H12FNO2S. The van der Waals surface area contributed by atoms with E-state index in [2.05, 4.69) is 0 Å². The maximum absolute atomic E-state index is 12.5. The monoisotopic (exact) mass is 217 g/mol. The first-order valence-corrected chi connectivity index (χ1v) is 5.81. The highest BCUT2D eigenvalue weighted by Gasteiger charge is 2.15. The smallest absolute Gasteiger partial charge is 0.179 e. The van der Waals surface area contributed by atoms with Gasteiger partial charge in [0, 0.05) is 6.04 Å². The van der Waals surface area contributed by atoms with Crippen LogP contribution in [0.15, 0.2) is 29.2 Å². The van der Waals surface area contributed by atoms with E-state index in [0.717, 1.165) is 12.1 Å². The molecule has 0 bridgehead atoms. The molecule has 0 amide bonds. The SMILES string of the molecule is CC(N)CS(=O)(=O)c1ccc(F)cc1. The number of rotatable bonds is 3. The quantitative estimate of drug-likeness (QED) is 0.767. The van der Waals surface area contributed by atoms with E-state index in [1.54, 1.807) is 6.92 Å². The summed E-state index contributed by atoms with van der Waals surface area (Å²) in [4.78, 5) is 0.108. The van der Waals surface area contributed by atoms with Crippen molar-refractivity contribution in [2.24, 2.45) is 5.73 Å². The number of benzene rings is 1. The fraction of sp³-hybridized carbons (Fsp3) is 0.333. The summed E-state index contributed by atoms with van der Waals surface area (Å²) in [6.45, 7) is 1.61. The molecule has 0 saturated carbocycles. The summed E-state index contributed by atoms with van der Waals surface area (Å²) in [5.74, 6) is -0.580. The Bertz CT molecular complexity index is 397. The van der Waals surface area contributed by atoms with Crippen LogP contribution >= 0.6 is 0 Å². The lowest BCUT2D eigenvalue weighted by molar-refractivity contribution is 0.589. The van der Waals surface area contributed by atoms with Gasteiger partial charge < -0.3 is 5.73 Å². The second-order valence-electron chi connectivity index (χ2n) is 3.21. The molecule has 1 rings (SSSR count). The number of sulfone groups is 1. The predicted molar refractivity (Wildman–Crippen MR) is 52.1 cm³/mol. The molecular weight excluding hydrogens is 205 g/mol. The topological polar surface area (TPSA) is 60.2 Å². The molecule has 1 aromatic rings. The first kappa shape index (κ1) is 11.1. The van der Waals surface area contributed by atoms with Crippen molar-refractivity contribution >= 4 is 9.84 Å². The van der Waals surface area contributed by atoms with Gasteiger partial charge in [0.25, 0.3) is 0 Å². The van der Waals surface area contributed by atoms with Crippen molar-refractivity contribution in [2.75, 3.05) is 5.75 Å². The number of nitrogens with two attached hydrogens (primary N) is 1. The van der Waals surface area contributed by atoms with E-state index in [-0.39, 0.29) is 10.6 Å². The second-order valence-corrected chi connectivity index (χ2v) is 5.25. The molecule has 1 unspecified atom stereocenters. The number of halogens is 1. The third kappa shape index (κ3) is 2.78. The lowest BCUT2D eigenvalue weighted by atomic mass is 10.4. The molecule has 0 aromatic heterocycles. The van der Waals surface area contributed by atoms with E-state index in [9.17, 15) is 12.8 Å². The van der Waals surface area contributed by atoms with E-state index in [0.29, 0.717) is 0 Å². The lowest BCUT2D eigenvalue weighted by Crippen LogP contribution is -2.26. The molecule has 0 saturated heterocycles. The third-order valence-corrected chi connectivity index (χ3v) is 3.61. The maximum atomic E-state index is 12.5. The third-order valence-electron chi connectivity index (χ3n) is 1.66. The highest BCUT2D eigenvalue weighted by atomic mass is 32.2. The van der Waals surface area contributed by atoms with Gasteiger partial charge in [-0.3, -0.25) is 0 Å². The Morgan fingerprint density at radius 3 is 2.29 bits per heavy atom. The molecule has 78 valence electrons. The summed E-state index contributed by atoms with van der Waals surface area (Å²) in [7, 11) is -3.37. The minimum Gasteiger partial charge on any atom is -0.327 e. The Kier molecular flexibility index (Phi) is 3.23. The molecule has 5 heteroatoms. The van der Waals surface area contributed by atoms with E-state index in [1.165, 1.54) is 12.1 Å². The molecule has 0 aliphatic rings. The molecule has 0 aliphatic carbocycles. The van der Waals surface area contributed by atoms with E-state index in [1.807, 2.05) is 0 Å². The molecule has 14 heavy (non-hydrogen) atoms. The molecule has 0 spiro atoms. The summed E-state index contributed by atoms with van der Waals surface area (Å²) in [5.41, 5.74) is 5.39. The van der Waals surface area contributed by atoms with Crippen LogP contribution in [0.2, 0.25) is 0 Å². The minimum atomic E-state index is -3.37. The largest absolute Gasteiger partial charge is 0.327 e. The van der Waals surface area contributed by atoms with Crippen molar-refractivity contribution < 1.29 is 12.8 Å². The van der Waals surface area contributed by atoms with Crippen molar-refractivity contribution in [1.29, 1.82) is 0 Å². The van der Waals surface area contributed by atoms with Gasteiger partial charge in [-0.25, -0.2) is 12.8 Å². The molecule has 0 radical (unpaired) electrons. The Morgan fingerprint density at radius 1 is 1.36 bits per heavy atom. The first-order chi connectivity index (χ1) is 6.42. The summed E-state index contributed by atoms with van der Waals surface area (Å²) in [5, 5.41) is 0. The standard InChI is InChI=1S/C9H12FNO2S/c1-7(11)6-14(12,13)9-4-2-8(10)3-5-9/h2-5,7H,6,11H2,1H3. The van der Waals surface area contributed by atoms with E-state index >= 15 is 0 Å². The van der Waals surface area contributed by atoms with Gasteiger partial charge in [0.15, 0.2) is 9.84 Å². The van der Waals surface area contributed by atoms with Gasteiger partial charge in [-0.2, -0.15) is 0 Å². The van der Waals surface area contributed by atoms with Crippen molar-refractivity contribution in [1.82, 2.24) is 0 Å². The molecule has 2 N–H and O–H groups in total. The summed E-state index contributed by atoms with van der Waals surface area (Å²) in [6, 6.07) is 4.30. The summed E-state index contributed by atoms with van der Waals surface area (Å²) < 4.78 is 35.6. The second kappa shape index (κ2) is 4.06. The van der Waals surface area contributed by atoms with E-state index in [4.69, 9.17) is 5.73 Å². The fourth-order valence-corrected chi connectivity index (χ4v) is 2.52. The summed E-state index contributed by atoms with van der Waals surface area (Å²) in [6.07, 6.45) is 0. The van der Waals surface area contributed by atoms with Crippen LogP contribution in [-0.4, -0.2) is 20.2 Å². The lowest BCUT2D eigenvalue weighted by Gasteiger charge is -2.06.